The van der Waals surface area contributed by atoms with E-state index in [2.05, 4.69) is 12.6 Å². The minimum Gasteiger partial charge on any atom is -0.495 e. The van der Waals surface area contributed by atoms with Crippen molar-refractivity contribution in [2.24, 2.45) is 0 Å². The highest BCUT2D eigenvalue weighted by Crippen LogP contribution is 2.29. The predicted octanol–water partition coefficient (Wildman–Crippen LogP) is 2.70. The molecule has 1 radical (unpaired) electrons. The Kier molecular flexibility index (Phi) is 3.30. The number of rotatable bonds is 3. The second-order valence-electron chi connectivity index (χ2n) is 2.89. The van der Waals surface area contributed by atoms with E-state index in [0.717, 1.165) is 11.5 Å². The van der Waals surface area contributed by atoms with E-state index in [9.17, 15) is 0 Å². The number of ether oxygens (including phenoxy) is 1. The number of hydrogen-bond acceptors (Lipinski definition) is 2. The van der Waals surface area contributed by atoms with Gasteiger partial charge in [-0.2, -0.15) is 5.26 Å². The molecule has 0 amide bonds. The molecule has 0 heterocycles. The van der Waals surface area contributed by atoms with E-state index >= 15 is 0 Å². The van der Waals surface area contributed by atoms with Gasteiger partial charge in [0.15, 0.2) is 0 Å². The molecule has 0 atom stereocenters. The molecule has 14 heavy (non-hydrogen) atoms. The van der Waals surface area contributed by atoms with E-state index in [4.69, 9.17) is 10.00 Å². The van der Waals surface area contributed by atoms with Gasteiger partial charge in [-0.05, 0) is 6.07 Å². The van der Waals surface area contributed by atoms with Crippen LogP contribution in [0.3, 0.4) is 0 Å². The highest BCUT2D eigenvalue weighted by atomic mass is 16.5. The zero-order valence-electron chi connectivity index (χ0n) is 8.37. The van der Waals surface area contributed by atoms with E-state index in [1.165, 1.54) is 0 Å². The lowest BCUT2D eigenvalue weighted by Gasteiger charge is -2.12. The van der Waals surface area contributed by atoms with Gasteiger partial charge in [-0.3, -0.25) is 0 Å². The Hall–Kier alpha value is -1.75. The molecule has 2 heteroatoms. The van der Waals surface area contributed by atoms with Crippen LogP contribution in [0.25, 0.3) is 0 Å². The van der Waals surface area contributed by atoms with Crippen LogP contribution in [0.4, 0.5) is 0 Å². The fourth-order valence-corrected chi connectivity index (χ4v) is 1.27. The summed E-state index contributed by atoms with van der Waals surface area (Å²) in [6, 6.07) is 7.58. The largest absolute Gasteiger partial charge is 0.495 e. The first kappa shape index (κ1) is 10.3. The van der Waals surface area contributed by atoms with E-state index < -0.39 is 0 Å². The first-order valence-electron chi connectivity index (χ1n) is 4.28. The fourth-order valence-electron chi connectivity index (χ4n) is 1.27. The fraction of sp³-hybridized carbons (Fsp3) is 0.167. The normalized spacial score (nSPS) is 9.57. The summed E-state index contributed by atoms with van der Waals surface area (Å²) in [6.45, 7) is 5.63. The van der Waals surface area contributed by atoms with Crippen molar-refractivity contribution in [1.82, 2.24) is 0 Å². The molecular formula is C12H12NO. The van der Waals surface area contributed by atoms with Gasteiger partial charge >= 0.3 is 0 Å². The van der Waals surface area contributed by atoms with Crippen LogP contribution in [0.1, 0.15) is 18.1 Å². The molecule has 0 aliphatic rings. The first-order valence-corrected chi connectivity index (χ1v) is 4.28. The molecule has 0 aliphatic heterocycles. The zero-order chi connectivity index (χ0) is 10.6. The van der Waals surface area contributed by atoms with Crippen LogP contribution in [0.15, 0.2) is 30.9 Å². The molecule has 2 nitrogen and oxygen atoms in total. The van der Waals surface area contributed by atoms with Gasteiger partial charge in [-0.25, -0.2) is 0 Å². The standard InChI is InChI=1S/C12H12NO/c1-4-9(2)11-7-5-6-10(8-13)12(11)14-3/h4-7H,1H2,2-3H3. The Labute approximate surface area is 84.4 Å². The number of benzene rings is 1. The van der Waals surface area contributed by atoms with Crippen molar-refractivity contribution in [2.45, 2.75) is 6.92 Å². The maximum absolute atomic E-state index is 8.86. The average Bonchev–Trinajstić information content (AvgIpc) is 2.26. The molecule has 0 saturated heterocycles. The number of hydrogen-bond donors (Lipinski definition) is 0. The van der Waals surface area contributed by atoms with E-state index in [-0.39, 0.29) is 0 Å². The first-order chi connectivity index (χ1) is 6.74. The van der Waals surface area contributed by atoms with Gasteiger partial charge in [0.05, 0.1) is 12.7 Å². The van der Waals surface area contributed by atoms with Crippen molar-refractivity contribution < 1.29 is 4.74 Å². The molecule has 0 bridgehead atoms. The van der Waals surface area contributed by atoms with Gasteiger partial charge in [0.25, 0.3) is 0 Å². The van der Waals surface area contributed by atoms with Crippen LogP contribution in [0.2, 0.25) is 0 Å². The van der Waals surface area contributed by atoms with Crippen molar-refractivity contribution in [3.8, 4) is 11.8 Å². The number of para-hydroxylation sites is 1. The Morgan fingerprint density at radius 3 is 2.79 bits per heavy atom. The molecule has 1 rings (SSSR count). The van der Waals surface area contributed by atoms with Gasteiger partial charge in [0.2, 0.25) is 0 Å². The Morgan fingerprint density at radius 2 is 2.29 bits per heavy atom. The van der Waals surface area contributed by atoms with Crippen LogP contribution in [-0.2, 0) is 0 Å². The lowest BCUT2D eigenvalue weighted by Crippen LogP contribution is -1.97. The Bertz CT molecular complexity index is 376. The topological polar surface area (TPSA) is 33.0 Å². The van der Waals surface area contributed by atoms with Gasteiger partial charge in [-0.15, -0.1) is 6.58 Å². The SMILES string of the molecule is C=C[C](C)c1cccc(C#N)c1OC. The van der Waals surface area contributed by atoms with Crippen LogP contribution >= 0.6 is 0 Å². The molecule has 0 aliphatic carbocycles. The average molecular weight is 186 g/mol. The van der Waals surface area contributed by atoms with E-state index in [1.807, 2.05) is 19.1 Å². The lowest BCUT2D eigenvalue weighted by atomic mass is 9.98. The third-order valence-corrected chi connectivity index (χ3v) is 2.07. The third-order valence-electron chi connectivity index (χ3n) is 2.07. The summed E-state index contributed by atoms with van der Waals surface area (Å²) in [7, 11) is 1.57. The highest BCUT2D eigenvalue weighted by molar-refractivity contribution is 5.54. The molecule has 0 aromatic heterocycles. The highest BCUT2D eigenvalue weighted by Gasteiger charge is 2.12. The molecule has 1 aromatic carbocycles. The lowest BCUT2D eigenvalue weighted by molar-refractivity contribution is 0.410. The summed E-state index contributed by atoms with van der Waals surface area (Å²) in [5, 5.41) is 8.86. The molecule has 0 unspecified atom stereocenters. The molecule has 1 aromatic rings. The van der Waals surface area contributed by atoms with Gasteiger partial charge in [0.1, 0.15) is 11.8 Å². The predicted molar refractivity (Wildman–Crippen MR) is 55.9 cm³/mol. The number of nitrogens with zero attached hydrogens (tertiary/aromatic N) is 1. The summed E-state index contributed by atoms with van der Waals surface area (Å²) in [5.41, 5.74) is 1.47. The van der Waals surface area contributed by atoms with Crippen molar-refractivity contribution in [1.29, 1.82) is 5.26 Å². The minimum absolute atomic E-state index is 0.547. The maximum Gasteiger partial charge on any atom is 0.140 e. The third kappa shape index (κ3) is 1.77. The quantitative estimate of drug-likeness (QED) is 0.727. The molecule has 0 spiro atoms. The van der Waals surface area contributed by atoms with Crippen LogP contribution < -0.4 is 4.74 Å². The van der Waals surface area contributed by atoms with E-state index in [1.54, 1.807) is 19.3 Å². The molecular weight excluding hydrogens is 174 g/mol. The van der Waals surface area contributed by atoms with Crippen molar-refractivity contribution >= 4 is 0 Å². The monoisotopic (exact) mass is 186 g/mol. The second-order valence-corrected chi connectivity index (χ2v) is 2.89. The molecule has 0 fully saturated rings. The van der Waals surface area contributed by atoms with Crippen LogP contribution in [-0.4, -0.2) is 7.11 Å². The zero-order valence-corrected chi connectivity index (χ0v) is 8.37. The van der Waals surface area contributed by atoms with Crippen molar-refractivity contribution in [3.63, 3.8) is 0 Å². The smallest absolute Gasteiger partial charge is 0.140 e. The van der Waals surface area contributed by atoms with Crippen molar-refractivity contribution in [2.75, 3.05) is 7.11 Å². The minimum atomic E-state index is 0.547. The molecule has 71 valence electrons. The number of allylic oxidation sites excluding steroid dienone is 1. The summed E-state index contributed by atoms with van der Waals surface area (Å²) < 4.78 is 5.20. The van der Waals surface area contributed by atoms with Gasteiger partial charge in [-0.1, -0.05) is 25.1 Å². The van der Waals surface area contributed by atoms with Gasteiger partial charge < -0.3 is 4.74 Å². The van der Waals surface area contributed by atoms with Crippen molar-refractivity contribution in [3.05, 3.63) is 47.9 Å². The summed E-state index contributed by atoms with van der Waals surface area (Å²) in [4.78, 5) is 0. The Morgan fingerprint density at radius 1 is 1.57 bits per heavy atom. The molecule has 0 N–H and O–H groups in total. The van der Waals surface area contributed by atoms with Crippen LogP contribution in [0.5, 0.6) is 5.75 Å². The summed E-state index contributed by atoms with van der Waals surface area (Å²) in [6.07, 6.45) is 1.75. The molecule has 0 saturated carbocycles. The van der Waals surface area contributed by atoms with Gasteiger partial charge in [0, 0.05) is 11.5 Å². The van der Waals surface area contributed by atoms with Crippen LogP contribution in [0, 0.1) is 17.2 Å². The maximum atomic E-state index is 8.86. The summed E-state index contributed by atoms with van der Waals surface area (Å²) in [5.74, 6) is 1.62. The van der Waals surface area contributed by atoms with E-state index in [0.29, 0.717) is 11.3 Å². The second kappa shape index (κ2) is 4.48. The number of nitriles is 1. The Balaban J connectivity index is 3.30. The number of methoxy groups -OCH3 is 1. The summed E-state index contributed by atoms with van der Waals surface area (Å²) >= 11 is 0.